The number of piperazine rings is 1. The molecule has 3 rings (SSSR count). The van der Waals surface area contributed by atoms with E-state index in [1.54, 1.807) is 4.90 Å². The Hall–Kier alpha value is -2.22. The van der Waals surface area contributed by atoms with Gasteiger partial charge in [-0.3, -0.25) is 14.5 Å². The van der Waals surface area contributed by atoms with E-state index < -0.39 is 6.61 Å². The van der Waals surface area contributed by atoms with E-state index in [1.165, 1.54) is 30.7 Å². The Labute approximate surface area is 170 Å². The minimum atomic E-state index is -2.89. The first-order valence-corrected chi connectivity index (χ1v) is 10.2. The second kappa shape index (κ2) is 9.52. The summed E-state index contributed by atoms with van der Waals surface area (Å²) in [5.41, 5.74) is 0.437. The van der Waals surface area contributed by atoms with Gasteiger partial charge < -0.3 is 14.5 Å². The maximum atomic E-state index is 12.6. The van der Waals surface area contributed by atoms with Gasteiger partial charge in [0.15, 0.2) is 0 Å². The van der Waals surface area contributed by atoms with Crippen LogP contribution in [0.25, 0.3) is 0 Å². The molecule has 6 nitrogen and oxygen atoms in total. The largest absolute Gasteiger partial charge is 0.435 e. The number of carbonyl (C=O) groups is 2. The van der Waals surface area contributed by atoms with Crippen LogP contribution >= 0.6 is 0 Å². The molecule has 2 fully saturated rings. The fourth-order valence-electron chi connectivity index (χ4n) is 4.23. The number of nitrogens with zero attached hydrogens (tertiary/aromatic N) is 3. The standard InChI is InChI=1S/C21H29F2N3O3/c1-15-11-16(2)13-26(12-15)19(27)14-24-7-9-25(10-8-24)20(28)17-3-5-18(6-4-17)29-21(22)23/h3-6,15-16,21H,7-14H2,1-2H3. The van der Waals surface area contributed by atoms with E-state index in [-0.39, 0.29) is 17.6 Å². The summed E-state index contributed by atoms with van der Waals surface area (Å²) in [6.45, 7) is 5.89. The smallest absolute Gasteiger partial charge is 0.387 e. The lowest BCUT2D eigenvalue weighted by Crippen LogP contribution is -2.53. The summed E-state index contributed by atoms with van der Waals surface area (Å²) in [6.07, 6.45) is 1.17. The number of piperidine rings is 1. The lowest BCUT2D eigenvalue weighted by molar-refractivity contribution is -0.135. The second-order valence-electron chi connectivity index (χ2n) is 8.22. The molecule has 160 valence electrons. The van der Waals surface area contributed by atoms with Crippen LogP contribution in [0.15, 0.2) is 24.3 Å². The molecule has 0 saturated carbocycles. The zero-order valence-corrected chi connectivity index (χ0v) is 17.0. The highest BCUT2D eigenvalue weighted by Crippen LogP contribution is 2.21. The van der Waals surface area contributed by atoms with Gasteiger partial charge in [0, 0.05) is 44.8 Å². The third-order valence-electron chi connectivity index (χ3n) is 5.57. The highest BCUT2D eigenvalue weighted by molar-refractivity contribution is 5.94. The van der Waals surface area contributed by atoms with E-state index in [2.05, 4.69) is 23.5 Å². The number of likely N-dealkylation sites (tertiary alicyclic amines) is 1. The van der Waals surface area contributed by atoms with Gasteiger partial charge in [-0.05, 0) is 42.5 Å². The number of halogens is 2. The van der Waals surface area contributed by atoms with Crippen molar-refractivity contribution in [3.8, 4) is 5.75 Å². The van der Waals surface area contributed by atoms with Crippen molar-refractivity contribution in [2.24, 2.45) is 11.8 Å². The first-order valence-electron chi connectivity index (χ1n) is 10.2. The minimum absolute atomic E-state index is 0.0289. The van der Waals surface area contributed by atoms with E-state index in [9.17, 15) is 18.4 Å². The molecule has 2 atom stereocenters. The molecule has 2 unspecified atom stereocenters. The fourth-order valence-corrected chi connectivity index (χ4v) is 4.23. The molecule has 8 heteroatoms. The molecule has 2 aliphatic rings. The Morgan fingerprint density at radius 1 is 1.00 bits per heavy atom. The van der Waals surface area contributed by atoms with Crippen LogP contribution in [0.5, 0.6) is 5.75 Å². The number of alkyl halides is 2. The maximum Gasteiger partial charge on any atom is 0.387 e. The highest BCUT2D eigenvalue weighted by Gasteiger charge is 2.28. The predicted octanol–water partition coefficient (Wildman–Crippen LogP) is 2.55. The summed E-state index contributed by atoms with van der Waals surface area (Å²) in [4.78, 5) is 31.1. The summed E-state index contributed by atoms with van der Waals surface area (Å²) >= 11 is 0. The van der Waals surface area contributed by atoms with Crippen LogP contribution in [0.1, 0.15) is 30.6 Å². The van der Waals surface area contributed by atoms with Crippen LogP contribution in [0.2, 0.25) is 0 Å². The number of rotatable bonds is 5. The minimum Gasteiger partial charge on any atom is -0.435 e. The number of ether oxygens (including phenoxy) is 1. The molecule has 0 bridgehead atoms. The fraction of sp³-hybridized carbons (Fsp3) is 0.619. The lowest BCUT2D eigenvalue weighted by atomic mass is 9.92. The van der Waals surface area contributed by atoms with Gasteiger partial charge in [-0.15, -0.1) is 0 Å². The van der Waals surface area contributed by atoms with Gasteiger partial charge >= 0.3 is 6.61 Å². The van der Waals surface area contributed by atoms with Crippen molar-refractivity contribution in [3.63, 3.8) is 0 Å². The summed E-state index contributed by atoms with van der Waals surface area (Å²) in [7, 11) is 0. The molecule has 2 aliphatic heterocycles. The third kappa shape index (κ3) is 5.88. The van der Waals surface area contributed by atoms with Crippen LogP contribution in [-0.2, 0) is 4.79 Å². The van der Waals surface area contributed by atoms with Crippen LogP contribution in [-0.4, -0.2) is 78.9 Å². The number of carbonyl (C=O) groups excluding carboxylic acids is 2. The molecule has 2 saturated heterocycles. The number of amides is 2. The van der Waals surface area contributed by atoms with Crippen molar-refractivity contribution in [1.29, 1.82) is 0 Å². The number of hydrogen-bond acceptors (Lipinski definition) is 4. The third-order valence-corrected chi connectivity index (χ3v) is 5.57. The van der Waals surface area contributed by atoms with E-state index in [0.29, 0.717) is 50.1 Å². The topological polar surface area (TPSA) is 53.1 Å². The van der Waals surface area contributed by atoms with E-state index >= 15 is 0 Å². The predicted molar refractivity (Wildman–Crippen MR) is 105 cm³/mol. The average molecular weight is 409 g/mol. The molecule has 1 aromatic rings. The van der Waals surface area contributed by atoms with Crippen LogP contribution in [0.3, 0.4) is 0 Å². The first kappa shape index (κ1) is 21.5. The molecule has 0 N–H and O–H groups in total. The normalized spacial score (nSPS) is 23.3. The average Bonchev–Trinajstić information content (AvgIpc) is 2.67. The zero-order valence-electron chi connectivity index (χ0n) is 17.0. The van der Waals surface area contributed by atoms with Gasteiger partial charge in [0.2, 0.25) is 5.91 Å². The molecule has 0 aromatic heterocycles. The molecule has 0 spiro atoms. The Balaban J connectivity index is 1.47. The monoisotopic (exact) mass is 409 g/mol. The van der Waals surface area contributed by atoms with Gasteiger partial charge in [0.1, 0.15) is 5.75 Å². The molecule has 0 aliphatic carbocycles. The van der Waals surface area contributed by atoms with Crippen LogP contribution in [0, 0.1) is 11.8 Å². The number of hydrogen-bond donors (Lipinski definition) is 0. The maximum absolute atomic E-state index is 12.6. The van der Waals surface area contributed by atoms with Crippen molar-refractivity contribution < 1.29 is 23.1 Å². The van der Waals surface area contributed by atoms with Gasteiger partial charge in [0.25, 0.3) is 5.91 Å². The van der Waals surface area contributed by atoms with Crippen molar-refractivity contribution >= 4 is 11.8 Å². The first-order chi connectivity index (χ1) is 13.8. The van der Waals surface area contributed by atoms with E-state index in [4.69, 9.17) is 0 Å². The molecule has 2 amide bonds. The zero-order chi connectivity index (χ0) is 21.0. The lowest BCUT2D eigenvalue weighted by Gasteiger charge is -2.38. The Kier molecular flexibility index (Phi) is 7.05. The molecule has 2 heterocycles. The second-order valence-corrected chi connectivity index (χ2v) is 8.22. The van der Waals surface area contributed by atoms with Gasteiger partial charge in [-0.25, -0.2) is 0 Å². The SMILES string of the molecule is CC1CC(C)CN(C(=O)CN2CCN(C(=O)c3ccc(OC(F)F)cc3)CC2)C1. The van der Waals surface area contributed by atoms with Crippen LogP contribution < -0.4 is 4.74 Å². The summed E-state index contributed by atoms with van der Waals surface area (Å²) < 4.78 is 28.8. The van der Waals surface area contributed by atoms with E-state index in [0.717, 1.165) is 13.1 Å². The molecule has 1 aromatic carbocycles. The van der Waals surface area contributed by atoms with E-state index in [1.807, 2.05) is 4.90 Å². The molecular weight excluding hydrogens is 380 g/mol. The number of benzene rings is 1. The van der Waals surface area contributed by atoms with Crippen LogP contribution in [0.4, 0.5) is 8.78 Å². The summed E-state index contributed by atoms with van der Waals surface area (Å²) in [5.74, 6) is 1.13. The van der Waals surface area contributed by atoms with Crippen molar-refractivity contribution in [3.05, 3.63) is 29.8 Å². The summed E-state index contributed by atoms with van der Waals surface area (Å²) in [6, 6.07) is 5.73. The Morgan fingerprint density at radius 3 is 2.14 bits per heavy atom. The molecule has 0 radical (unpaired) electrons. The highest BCUT2D eigenvalue weighted by atomic mass is 19.3. The van der Waals surface area contributed by atoms with Crippen molar-refractivity contribution in [1.82, 2.24) is 14.7 Å². The summed E-state index contributed by atoms with van der Waals surface area (Å²) in [5, 5.41) is 0. The van der Waals surface area contributed by atoms with Gasteiger partial charge in [0.05, 0.1) is 6.54 Å². The van der Waals surface area contributed by atoms with Crippen molar-refractivity contribution in [2.45, 2.75) is 26.9 Å². The van der Waals surface area contributed by atoms with Crippen molar-refractivity contribution in [2.75, 3.05) is 45.8 Å². The van der Waals surface area contributed by atoms with Gasteiger partial charge in [-0.1, -0.05) is 13.8 Å². The van der Waals surface area contributed by atoms with Gasteiger partial charge in [-0.2, -0.15) is 8.78 Å². The quantitative estimate of drug-likeness (QED) is 0.750. The molecular formula is C21H29F2N3O3. The Morgan fingerprint density at radius 2 is 1.59 bits per heavy atom. The molecule has 29 heavy (non-hydrogen) atoms. The Bertz CT molecular complexity index is 696.